The summed E-state index contributed by atoms with van der Waals surface area (Å²) < 4.78 is 2.89. The van der Waals surface area contributed by atoms with E-state index in [0.717, 1.165) is 31.8 Å². The second-order valence-electron chi connectivity index (χ2n) is 7.15. The standard InChI is InChI=1S/C22H29N3S3/c1-2-3-4-5-6-7-8-9-13-16-20-23-24-21(28-20)25-19(17-27-22(25)26)18-14-11-10-12-15-18/h10-12,14-15,17H,2-9,13,16H2,1H3. The van der Waals surface area contributed by atoms with Gasteiger partial charge in [0.2, 0.25) is 5.13 Å². The number of hydrogen-bond donors (Lipinski definition) is 0. The minimum absolute atomic E-state index is 0.824. The smallest absolute Gasteiger partial charge is 0.218 e. The van der Waals surface area contributed by atoms with Gasteiger partial charge in [-0.25, -0.2) is 0 Å². The lowest BCUT2D eigenvalue weighted by molar-refractivity contribution is 0.564. The third-order valence-corrected chi connectivity index (χ3v) is 7.07. The second-order valence-corrected chi connectivity index (χ2v) is 9.69. The van der Waals surface area contributed by atoms with Gasteiger partial charge in [-0.2, -0.15) is 0 Å². The molecule has 0 aliphatic rings. The van der Waals surface area contributed by atoms with Crippen molar-refractivity contribution in [3.8, 4) is 16.4 Å². The predicted molar refractivity (Wildman–Crippen MR) is 124 cm³/mol. The minimum atomic E-state index is 0.824. The number of rotatable bonds is 12. The van der Waals surface area contributed by atoms with Crippen LogP contribution < -0.4 is 0 Å². The fourth-order valence-electron chi connectivity index (χ4n) is 3.32. The van der Waals surface area contributed by atoms with E-state index in [-0.39, 0.29) is 0 Å². The maximum Gasteiger partial charge on any atom is 0.218 e. The highest BCUT2D eigenvalue weighted by Crippen LogP contribution is 2.29. The monoisotopic (exact) mass is 431 g/mol. The van der Waals surface area contributed by atoms with Gasteiger partial charge in [-0.1, -0.05) is 100.0 Å². The molecule has 0 saturated heterocycles. The molecule has 2 heterocycles. The fraction of sp³-hybridized carbons (Fsp3) is 0.500. The van der Waals surface area contributed by atoms with E-state index in [1.807, 2.05) is 6.07 Å². The lowest BCUT2D eigenvalue weighted by Crippen LogP contribution is -1.95. The van der Waals surface area contributed by atoms with E-state index >= 15 is 0 Å². The molecule has 0 bridgehead atoms. The zero-order chi connectivity index (χ0) is 19.6. The average Bonchev–Trinajstić information content (AvgIpc) is 3.33. The summed E-state index contributed by atoms with van der Waals surface area (Å²) in [4.78, 5) is 0. The third-order valence-electron chi connectivity index (χ3n) is 4.91. The van der Waals surface area contributed by atoms with Crippen LogP contribution in [0.4, 0.5) is 0 Å². The Morgan fingerprint density at radius 3 is 2.29 bits per heavy atom. The van der Waals surface area contributed by atoms with Crippen LogP contribution in [0.5, 0.6) is 0 Å². The molecule has 6 heteroatoms. The highest BCUT2D eigenvalue weighted by Gasteiger charge is 2.13. The van der Waals surface area contributed by atoms with Gasteiger partial charge in [0.15, 0.2) is 3.95 Å². The highest BCUT2D eigenvalue weighted by molar-refractivity contribution is 7.73. The first-order valence-corrected chi connectivity index (χ1v) is 12.5. The van der Waals surface area contributed by atoms with Crippen LogP contribution in [0.25, 0.3) is 16.4 Å². The molecule has 3 aromatic rings. The largest absolute Gasteiger partial charge is 0.265 e. The molecule has 0 atom stereocenters. The molecule has 0 aliphatic heterocycles. The maximum atomic E-state index is 5.56. The van der Waals surface area contributed by atoms with Crippen LogP contribution in [0.2, 0.25) is 0 Å². The normalized spacial score (nSPS) is 11.2. The lowest BCUT2D eigenvalue weighted by atomic mass is 10.1. The first-order chi connectivity index (χ1) is 13.8. The van der Waals surface area contributed by atoms with Gasteiger partial charge in [0.05, 0.1) is 5.69 Å². The Balaban J connectivity index is 1.50. The summed E-state index contributed by atoms with van der Waals surface area (Å²) >= 11 is 8.81. The van der Waals surface area contributed by atoms with Gasteiger partial charge >= 0.3 is 0 Å². The van der Waals surface area contributed by atoms with Crippen molar-refractivity contribution >= 4 is 34.9 Å². The van der Waals surface area contributed by atoms with Crippen molar-refractivity contribution < 1.29 is 0 Å². The molecule has 28 heavy (non-hydrogen) atoms. The molecule has 0 amide bonds. The van der Waals surface area contributed by atoms with Crippen LogP contribution in [0.15, 0.2) is 35.7 Å². The van der Waals surface area contributed by atoms with Crippen molar-refractivity contribution in [3.05, 3.63) is 44.7 Å². The first kappa shape index (κ1) is 21.3. The molecular formula is C22H29N3S3. The van der Waals surface area contributed by atoms with Crippen molar-refractivity contribution in [3.63, 3.8) is 0 Å². The van der Waals surface area contributed by atoms with Crippen molar-refractivity contribution in [1.29, 1.82) is 0 Å². The molecule has 0 radical (unpaired) electrons. The molecule has 3 rings (SSSR count). The van der Waals surface area contributed by atoms with Crippen LogP contribution in [0, 0.1) is 3.95 Å². The number of aryl methyl sites for hydroxylation is 1. The predicted octanol–water partition coefficient (Wildman–Crippen LogP) is 7.86. The Labute approximate surface area is 181 Å². The third kappa shape index (κ3) is 6.06. The Kier molecular flexibility index (Phi) is 8.83. The molecule has 2 aromatic heterocycles. The summed E-state index contributed by atoms with van der Waals surface area (Å²) in [5.74, 6) is 0. The zero-order valence-corrected chi connectivity index (χ0v) is 19.1. The molecule has 150 valence electrons. The number of aromatic nitrogens is 3. The lowest BCUT2D eigenvalue weighted by Gasteiger charge is -2.04. The van der Waals surface area contributed by atoms with E-state index < -0.39 is 0 Å². The number of thiazole rings is 1. The van der Waals surface area contributed by atoms with E-state index in [2.05, 4.69) is 51.3 Å². The van der Waals surface area contributed by atoms with E-state index in [1.165, 1.54) is 57.8 Å². The van der Waals surface area contributed by atoms with E-state index in [1.54, 1.807) is 22.7 Å². The number of nitrogens with zero attached hydrogens (tertiary/aromatic N) is 3. The van der Waals surface area contributed by atoms with Crippen LogP contribution in [0.3, 0.4) is 0 Å². The van der Waals surface area contributed by atoms with Gasteiger partial charge in [0.1, 0.15) is 5.01 Å². The molecule has 0 N–H and O–H groups in total. The molecule has 1 aromatic carbocycles. The Morgan fingerprint density at radius 2 is 1.57 bits per heavy atom. The molecule has 3 nitrogen and oxygen atoms in total. The van der Waals surface area contributed by atoms with E-state index in [9.17, 15) is 0 Å². The number of hydrogen-bond acceptors (Lipinski definition) is 5. The Bertz CT molecular complexity index is 880. The van der Waals surface area contributed by atoms with Crippen molar-refractivity contribution in [2.75, 3.05) is 0 Å². The van der Waals surface area contributed by atoms with Crippen molar-refractivity contribution in [2.45, 2.75) is 71.1 Å². The van der Waals surface area contributed by atoms with Crippen molar-refractivity contribution in [1.82, 2.24) is 14.8 Å². The first-order valence-electron chi connectivity index (χ1n) is 10.4. The number of benzene rings is 1. The summed E-state index contributed by atoms with van der Waals surface area (Å²) in [7, 11) is 0. The molecule has 0 fully saturated rings. The van der Waals surface area contributed by atoms with Crippen LogP contribution in [-0.4, -0.2) is 14.8 Å². The SMILES string of the molecule is CCCCCCCCCCCc1nnc(-n2c(-c3ccccc3)csc2=S)s1. The van der Waals surface area contributed by atoms with Gasteiger partial charge in [0.25, 0.3) is 0 Å². The zero-order valence-electron chi connectivity index (χ0n) is 16.6. The number of unbranched alkanes of at least 4 members (excludes halogenated alkanes) is 8. The summed E-state index contributed by atoms with van der Waals surface area (Å²) in [5, 5.41) is 13.0. The topological polar surface area (TPSA) is 30.7 Å². The quantitative estimate of drug-likeness (QED) is 0.216. The summed E-state index contributed by atoms with van der Waals surface area (Å²) in [6.45, 7) is 2.27. The Hall–Kier alpha value is -1.37. The van der Waals surface area contributed by atoms with Gasteiger partial charge in [-0.3, -0.25) is 4.57 Å². The Morgan fingerprint density at radius 1 is 0.893 bits per heavy atom. The van der Waals surface area contributed by atoms with Gasteiger partial charge < -0.3 is 0 Å². The summed E-state index contributed by atoms with van der Waals surface area (Å²) in [6.07, 6.45) is 13.1. The van der Waals surface area contributed by atoms with E-state index in [0.29, 0.717) is 0 Å². The van der Waals surface area contributed by atoms with Gasteiger partial charge in [-0.05, 0) is 24.2 Å². The molecule has 0 spiro atoms. The molecule has 0 saturated carbocycles. The van der Waals surface area contributed by atoms with Crippen molar-refractivity contribution in [2.24, 2.45) is 0 Å². The average molecular weight is 432 g/mol. The summed E-state index contributed by atoms with van der Waals surface area (Å²) in [6, 6.07) is 10.4. The summed E-state index contributed by atoms with van der Waals surface area (Å²) in [5.41, 5.74) is 2.26. The van der Waals surface area contributed by atoms with Gasteiger partial charge in [-0.15, -0.1) is 21.5 Å². The van der Waals surface area contributed by atoms with E-state index in [4.69, 9.17) is 12.2 Å². The second kappa shape index (κ2) is 11.6. The molecule has 0 aliphatic carbocycles. The van der Waals surface area contributed by atoms with Crippen LogP contribution >= 0.6 is 34.9 Å². The highest BCUT2D eigenvalue weighted by atomic mass is 32.1. The fourth-order valence-corrected chi connectivity index (χ4v) is 5.41. The van der Waals surface area contributed by atoms with Gasteiger partial charge in [0, 0.05) is 11.8 Å². The molecular weight excluding hydrogens is 402 g/mol. The maximum absolute atomic E-state index is 5.56. The molecule has 0 unspecified atom stereocenters. The van der Waals surface area contributed by atoms with Crippen LogP contribution in [0.1, 0.15) is 69.7 Å². The van der Waals surface area contributed by atoms with Crippen LogP contribution in [-0.2, 0) is 6.42 Å². The minimum Gasteiger partial charge on any atom is -0.265 e.